The molecule has 11 heteroatoms. The average Bonchev–Trinajstić information content (AvgIpc) is 3.07. The number of rotatable bonds is 6. The van der Waals surface area contributed by atoms with E-state index in [1.165, 1.54) is 18.9 Å². The van der Waals surface area contributed by atoms with Gasteiger partial charge in [-0.3, -0.25) is 9.59 Å². The second kappa shape index (κ2) is 8.69. The van der Waals surface area contributed by atoms with Crippen molar-refractivity contribution in [2.45, 2.75) is 11.4 Å². The van der Waals surface area contributed by atoms with Crippen LogP contribution >= 0.6 is 11.8 Å². The quantitative estimate of drug-likeness (QED) is 0.675. The maximum atomic E-state index is 12.6. The zero-order valence-corrected chi connectivity index (χ0v) is 18.3. The summed E-state index contributed by atoms with van der Waals surface area (Å²) in [6, 6.07) is 12.4. The summed E-state index contributed by atoms with van der Waals surface area (Å²) in [6.45, 7) is 0.602. The third-order valence-electron chi connectivity index (χ3n) is 4.67. The largest absolute Gasteiger partial charge is 0.375 e. The van der Waals surface area contributed by atoms with Gasteiger partial charge in [0.1, 0.15) is 6.61 Å². The lowest BCUT2D eigenvalue weighted by Crippen LogP contribution is -2.35. The number of methoxy groups -OCH3 is 1. The highest BCUT2D eigenvalue weighted by Gasteiger charge is 2.33. The third kappa shape index (κ3) is 4.89. The minimum absolute atomic E-state index is 0.0241. The summed E-state index contributed by atoms with van der Waals surface area (Å²) in [5.74, 6) is -0.534. The zero-order chi connectivity index (χ0) is 22.0. The van der Waals surface area contributed by atoms with Crippen LogP contribution in [-0.4, -0.2) is 51.4 Å². The first kappa shape index (κ1) is 21.3. The fraction of sp³-hybridized carbons (Fsp3) is 0.250. The Morgan fingerprint density at radius 3 is 2.87 bits per heavy atom. The molecule has 0 atom stereocenters. The molecule has 0 saturated carbocycles. The fourth-order valence-corrected chi connectivity index (χ4v) is 5.54. The van der Waals surface area contributed by atoms with E-state index in [1.54, 1.807) is 30.3 Å². The van der Waals surface area contributed by atoms with Crippen molar-refractivity contribution in [2.24, 2.45) is 4.40 Å². The summed E-state index contributed by atoms with van der Waals surface area (Å²) in [6.07, 6.45) is 0. The van der Waals surface area contributed by atoms with Crippen molar-refractivity contribution in [1.82, 2.24) is 5.32 Å². The number of hydrogen-bond acceptors (Lipinski definition) is 7. The van der Waals surface area contributed by atoms with Crippen molar-refractivity contribution in [3.8, 4) is 0 Å². The Morgan fingerprint density at radius 1 is 1.23 bits per heavy atom. The van der Waals surface area contributed by atoms with E-state index in [2.05, 4.69) is 15.0 Å². The van der Waals surface area contributed by atoms with Gasteiger partial charge in [-0.1, -0.05) is 12.1 Å². The van der Waals surface area contributed by atoms with Crippen molar-refractivity contribution in [3.05, 3.63) is 53.6 Å². The van der Waals surface area contributed by atoms with E-state index in [1.807, 2.05) is 17.0 Å². The molecule has 2 aliphatic rings. The van der Waals surface area contributed by atoms with Crippen LogP contribution in [0.4, 0.5) is 11.4 Å². The molecule has 0 bridgehead atoms. The van der Waals surface area contributed by atoms with E-state index in [9.17, 15) is 18.0 Å². The van der Waals surface area contributed by atoms with Gasteiger partial charge in [-0.15, -0.1) is 4.40 Å². The molecule has 0 unspecified atom stereocenters. The molecule has 0 fully saturated rings. The predicted molar refractivity (Wildman–Crippen MR) is 119 cm³/mol. The van der Waals surface area contributed by atoms with Gasteiger partial charge in [-0.25, -0.2) is 8.42 Å². The minimum Gasteiger partial charge on any atom is -0.375 e. The van der Waals surface area contributed by atoms with Gasteiger partial charge in [0.05, 0.1) is 11.4 Å². The van der Waals surface area contributed by atoms with Gasteiger partial charge in [-0.2, -0.15) is 0 Å². The maximum absolute atomic E-state index is 12.6. The number of fused-ring (bicyclic) bond motifs is 3. The summed E-state index contributed by atoms with van der Waals surface area (Å²) in [7, 11) is -1.97. The molecular formula is C20H20N4O5S2. The molecule has 2 heterocycles. The second-order valence-corrected chi connectivity index (χ2v) is 9.72. The van der Waals surface area contributed by atoms with Crippen LogP contribution in [0, 0.1) is 0 Å². The number of benzene rings is 2. The van der Waals surface area contributed by atoms with Crippen molar-refractivity contribution >= 4 is 50.1 Å². The van der Waals surface area contributed by atoms with Gasteiger partial charge in [0.2, 0.25) is 5.91 Å². The third-order valence-corrected chi connectivity index (χ3v) is 6.98. The van der Waals surface area contributed by atoms with E-state index in [-0.39, 0.29) is 30.7 Å². The van der Waals surface area contributed by atoms with Crippen LogP contribution in [0.1, 0.15) is 15.9 Å². The van der Waals surface area contributed by atoms with Crippen LogP contribution in [0.2, 0.25) is 0 Å². The van der Waals surface area contributed by atoms with E-state index < -0.39 is 10.0 Å². The number of nitrogens with zero attached hydrogens (tertiary/aromatic N) is 2. The number of carbonyl (C=O) groups is 2. The van der Waals surface area contributed by atoms with Gasteiger partial charge in [0.25, 0.3) is 15.9 Å². The summed E-state index contributed by atoms with van der Waals surface area (Å²) in [5.41, 5.74) is 2.78. The number of carbonyl (C=O) groups excluding carboxylic acids is 2. The van der Waals surface area contributed by atoms with E-state index in [0.29, 0.717) is 23.0 Å². The predicted octanol–water partition coefficient (Wildman–Crippen LogP) is 1.81. The van der Waals surface area contributed by atoms with Crippen molar-refractivity contribution in [3.63, 3.8) is 0 Å². The Morgan fingerprint density at radius 2 is 2.06 bits per heavy atom. The number of nitrogens with one attached hydrogen (secondary N) is 2. The minimum atomic E-state index is -3.42. The first-order chi connectivity index (χ1) is 14.8. The molecule has 2 aromatic carbocycles. The normalized spacial score (nSPS) is 16.2. The van der Waals surface area contributed by atoms with E-state index in [0.717, 1.165) is 16.1 Å². The number of amides is 2. The molecule has 162 valence electrons. The highest BCUT2D eigenvalue weighted by Crippen LogP contribution is 2.42. The van der Waals surface area contributed by atoms with Gasteiger partial charge >= 0.3 is 0 Å². The Kier molecular flexibility index (Phi) is 5.99. The molecule has 0 radical (unpaired) electrons. The number of ether oxygens (including phenoxy) is 1. The van der Waals surface area contributed by atoms with Crippen LogP contribution in [0.15, 0.2) is 51.8 Å². The van der Waals surface area contributed by atoms with Crippen molar-refractivity contribution in [2.75, 3.05) is 36.2 Å². The van der Waals surface area contributed by atoms with Crippen LogP contribution < -0.4 is 15.5 Å². The van der Waals surface area contributed by atoms with Crippen LogP contribution in [0.25, 0.3) is 0 Å². The van der Waals surface area contributed by atoms with E-state index >= 15 is 0 Å². The Balaban J connectivity index is 1.42. The molecule has 0 saturated heterocycles. The number of thioether (sulfide) groups is 1. The van der Waals surface area contributed by atoms with Gasteiger partial charge in [0, 0.05) is 36.3 Å². The molecule has 0 spiro atoms. The second-order valence-electron chi connectivity index (χ2n) is 6.96. The van der Waals surface area contributed by atoms with Gasteiger partial charge in [-0.05, 0) is 47.7 Å². The van der Waals surface area contributed by atoms with Crippen LogP contribution in [-0.2, 0) is 26.1 Å². The summed E-state index contributed by atoms with van der Waals surface area (Å²) in [4.78, 5) is 26.9. The molecule has 0 aromatic heterocycles. The molecule has 0 aliphatic carbocycles. The Bertz CT molecular complexity index is 1180. The maximum Gasteiger partial charge on any atom is 0.257 e. The number of amidine groups is 1. The molecule has 31 heavy (non-hydrogen) atoms. The molecule has 9 nitrogen and oxygen atoms in total. The highest BCUT2D eigenvalue weighted by atomic mass is 32.2. The topological polar surface area (TPSA) is 117 Å². The molecule has 2 amide bonds. The monoisotopic (exact) mass is 460 g/mol. The van der Waals surface area contributed by atoms with Gasteiger partial charge < -0.3 is 20.3 Å². The van der Waals surface area contributed by atoms with Crippen LogP contribution in [0.5, 0.6) is 0 Å². The molecular weight excluding hydrogens is 440 g/mol. The lowest BCUT2D eigenvalue weighted by atomic mass is 10.1. The lowest BCUT2D eigenvalue weighted by Gasteiger charge is -2.22. The standard InChI is InChI=1S/C20H20N4O5S2/c1-29-12-18(25)22-15-4-2-3-13(9-15)11-21-19(26)14-5-6-16-17(10-14)30-20-23-31(27,28)8-7-24(16)20/h2-6,9-10H,7-8,11-12H2,1H3,(H,21,26)(H,22,25). The Hall–Kier alpha value is -2.89. The van der Waals surface area contributed by atoms with Crippen LogP contribution in [0.3, 0.4) is 0 Å². The van der Waals surface area contributed by atoms with Crippen molar-refractivity contribution < 1.29 is 22.7 Å². The average molecular weight is 461 g/mol. The first-order valence-corrected chi connectivity index (χ1v) is 11.9. The molecule has 4 rings (SSSR count). The fourth-order valence-electron chi connectivity index (χ4n) is 3.24. The number of hydrogen-bond donors (Lipinski definition) is 2. The molecule has 2 aromatic rings. The zero-order valence-electron chi connectivity index (χ0n) is 16.6. The SMILES string of the molecule is COCC(=O)Nc1cccc(CNC(=O)c2ccc3c(c2)SC2=NS(=O)(=O)CCN23)c1. The summed E-state index contributed by atoms with van der Waals surface area (Å²) in [5, 5.41) is 6.01. The molecule has 2 N–H and O–H groups in total. The number of sulfonamides is 1. The summed E-state index contributed by atoms with van der Waals surface area (Å²) < 4.78 is 32.1. The summed E-state index contributed by atoms with van der Waals surface area (Å²) >= 11 is 1.25. The lowest BCUT2D eigenvalue weighted by molar-refractivity contribution is -0.119. The Labute approximate surface area is 183 Å². The highest BCUT2D eigenvalue weighted by molar-refractivity contribution is 8.15. The molecule has 2 aliphatic heterocycles. The smallest absolute Gasteiger partial charge is 0.257 e. The number of anilines is 2. The first-order valence-electron chi connectivity index (χ1n) is 9.43. The van der Waals surface area contributed by atoms with Gasteiger partial charge in [0.15, 0.2) is 5.17 Å². The van der Waals surface area contributed by atoms with E-state index in [4.69, 9.17) is 4.74 Å². The van der Waals surface area contributed by atoms with Crippen molar-refractivity contribution in [1.29, 1.82) is 0 Å².